The Bertz CT molecular complexity index is 1430. The zero-order valence-corrected chi connectivity index (χ0v) is 23.1. The van der Waals surface area contributed by atoms with Crippen LogP contribution in [-0.2, 0) is 4.74 Å². The Morgan fingerprint density at radius 2 is 1.95 bits per heavy atom. The van der Waals surface area contributed by atoms with Gasteiger partial charge in [0.05, 0.1) is 40.2 Å². The fraction of sp³-hybridized carbons (Fsp3) is 0.417. The van der Waals surface area contributed by atoms with Gasteiger partial charge in [0, 0.05) is 19.6 Å². The number of rotatable bonds is 4. The Balaban J connectivity index is 1.77. The van der Waals surface area contributed by atoms with Crippen molar-refractivity contribution in [1.29, 1.82) is 5.26 Å². The number of halogens is 2. The number of hydrogen-bond donors (Lipinski definition) is 0. The summed E-state index contributed by atoms with van der Waals surface area (Å²) in [5, 5.41) is 15.2. The number of nitriles is 1. The van der Waals surface area contributed by atoms with Gasteiger partial charge in [-0.25, -0.2) is 14.8 Å². The highest BCUT2D eigenvalue weighted by atomic mass is 35.5. The predicted octanol–water partition coefficient (Wildman–Crippen LogP) is 4.54. The number of ether oxygens (including phenoxy) is 1. The molecular weight excluding hydrogens is 537 g/mol. The summed E-state index contributed by atoms with van der Waals surface area (Å²) in [4.78, 5) is 39.0. The monoisotopic (exact) mass is 561 g/mol. The van der Waals surface area contributed by atoms with Crippen LogP contribution in [-0.4, -0.2) is 68.3 Å². The summed E-state index contributed by atoms with van der Waals surface area (Å²) < 4.78 is 6.68. The molecule has 1 unspecified atom stereocenters. The van der Waals surface area contributed by atoms with Crippen LogP contribution in [0.15, 0.2) is 34.3 Å². The van der Waals surface area contributed by atoms with Crippen LogP contribution >= 0.6 is 35.0 Å². The molecule has 0 spiro atoms. The average molecular weight is 562 g/mol. The molecule has 1 atom stereocenters. The van der Waals surface area contributed by atoms with Crippen molar-refractivity contribution in [3.05, 3.63) is 44.8 Å². The minimum Gasteiger partial charge on any atom is -0.444 e. The van der Waals surface area contributed by atoms with Gasteiger partial charge in [-0.05, 0) is 39.2 Å². The van der Waals surface area contributed by atoms with Gasteiger partial charge in [-0.1, -0.05) is 41.0 Å². The Labute approximate surface area is 228 Å². The number of hydrogen-bond acceptors (Lipinski definition) is 9. The Kier molecular flexibility index (Phi) is 7.83. The number of nitrogens with zero attached hydrogens (tertiary/aromatic N) is 7. The SMILES string of the molecule is CSc1nc(N2CCN(C(=O)OC(C)(C)C)C(CC#N)C2)c2cnn(-c3c(Cl)cccc3Cl)c(=O)c2n1. The molecule has 1 aliphatic heterocycles. The number of carbonyl (C=O) groups is 1. The molecule has 0 N–H and O–H groups in total. The molecule has 1 aromatic carbocycles. The highest BCUT2D eigenvalue weighted by Gasteiger charge is 2.34. The first-order chi connectivity index (χ1) is 17.5. The summed E-state index contributed by atoms with van der Waals surface area (Å²) >= 11 is 13.9. The summed E-state index contributed by atoms with van der Waals surface area (Å²) in [6, 6.07) is 6.66. The fourth-order valence-corrected chi connectivity index (χ4v) is 4.98. The molecule has 0 aliphatic carbocycles. The molecule has 0 bridgehead atoms. The number of thioether (sulfide) groups is 1. The third kappa shape index (κ3) is 5.61. The quantitative estimate of drug-likeness (QED) is 0.334. The Morgan fingerprint density at radius 3 is 2.57 bits per heavy atom. The van der Waals surface area contributed by atoms with E-state index in [2.05, 4.69) is 21.1 Å². The molecule has 0 radical (unpaired) electrons. The van der Waals surface area contributed by atoms with Crippen molar-refractivity contribution in [2.75, 3.05) is 30.8 Å². The van der Waals surface area contributed by atoms with Crippen molar-refractivity contribution in [1.82, 2.24) is 24.6 Å². The smallest absolute Gasteiger partial charge is 0.410 e. The molecule has 0 saturated carbocycles. The van der Waals surface area contributed by atoms with Crippen LogP contribution in [0.4, 0.5) is 10.6 Å². The second-order valence-corrected chi connectivity index (χ2v) is 11.0. The normalized spacial score (nSPS) is 16.1. The van der Waals surface area contributed by atoms with E-state index in [-0.39, 0.29) is 27.7 Å². The molecule has 1 amide bonds. The fourth-order valence-electron chi connectivity index (χ4n) is 4.06. The summed E-state index contributed by atoms with van der Waals surface area (Å²) in [7, 11) is 0. The maximum Gasteiger partial charge on any atom is 0.410 e. The molecule has 194 valence electrons. The minimum absolute atomic E-state index is 0.115. The molecule has 3 aromatic rings. The molecule has 1 fully saturated rings. The number of carbonyl (C=O) groups excluding carboxylic acids is 1. The predicted molar refractivity (Wildman–Crippen MR) is 144 cm³/mol. The summed E-state index contributed by atoms with van der Waals surface area (Å²) in [5.74, 6) is 0.503. The van der Waals surface area contributed by atoms with Crippen LogP contribution < -0.4 is 10.5 Å². The molecular formula is C24H25Cl2N7O3S. The molecule has 1 aliphatic rings. The van der Waals surface area contributed by atoms with Gasteiger partial charge in [-0.15, -0.1) is 0 Å². The van der Waals surface area contributed by atoms with Crippen LogP contribution in [0.1, 0.15) is 27.2 Å². The lowest BCUT2D eigenvalue weighted by Crippen LogP contribution is -2.56. The van der Waals surface area contributed by atoms with Gasteiger partial charge in [-0.2, -0.15) is 15.0 Å². The summed E-state index contributed by atoms with van der Waals surface area (Å²) in [6.07, 6.45) is 2.97. The van der Waals surface area contributed by atoms with Crippen LogP contribution in [0.3, 0.4) is 0 Å². The minimum atomic E-state index is -0.655. The highest BCUT2D eigenvalue weighted by Crippen LogP contribution is 2.30. The maximum absolute atomic E-state index is 13.5. The molecule has 1 saturated heterocycles. The van der Waals surface area contributed by atoms with E-state index in [1.807, 2.05) is 11.2 Å². The van der Waals surface area contributed by atoms with Gasteiger partial charge in [0.15, 0.2) is 5.16 Å². The zero-order valence-electron chi connectivity index (χ0n) is 20.7. The number of para-hydroxylation sites is 1. The number of piperazine rings is 1. The number of aromatic nitrogens is 4. The van der Waals surface area contributed by atoms with E-state index < -0.39 is 23.3 Å². The van der Waals surface area contributed by atoms with Gasteiger partial charge >= 0.3 is 6.09 Å². The first kappa shape index (κ1) is 27.0. The highest BCUT2D eigenvalue weighted by molar-refractivity contribution is 7.98. The third-order valence-electron chi connectivity index (χ3n) is 5.67. The van der Waals surface area contributed by atoms with Gasteiger partial charge in [-0.3, -0.25) is 4.79 Å². The van der Waals surface area contributed by atoms with E-state index >= 15 is 0 Å². The first-order valence-electron chi connectivity index (χ1n) is 11.4. The van der Waals surface area contributed by atoms with Crippen LogP contribution in [0, 0.1) is 11.3 Å². The van der Waals surface area contributed by atoms with E-state index in [4.69, 9.17) is 27.9 Å². The lowest BCUT2D eigenvalue weighted by atomic mass is 10.1. The second kappa shape index (κ2) is 10.7. The van der Waals surface area contributed by atoms with Crippen LogP contribution in [0.5, 0.6) is 0 Å². The molecule has 4 rings (SSSR count). The van der Waals surface area contributed by atoms with Crippen molar-refractivity contribution < 1.29 is 9.53 Å². The van der Waals surface area contributed by atoms with Crippen molar-refractivity contribution in [3.8, 4) is 11.8 Å². The van der Waals surface area contributed by atoms with E-state index in [1.165, 1.54) is 18.0 Å². The Hall–Kier alpha value is -3.07. The van der Waals surface area contributed by atoms with Crippen molar-refractivity contribution in [2.24, 2.45) is 0 Å². The molecule has 3 heterocycles. The lowest BCUT2D eigenvalue weighted by Gasteiger charge is -2.41. The van der Waals surface area contributed by atoms with Crippen molar-refractivity contribution >= 4 is 57.8 Å². The molecule has 10 nitrogen and oxygen atoms in total. The molecule has 2 aromatic heterocycles. The number of benzene rings is 1. The van der Waals surface area contributed by atoms with Gasteiger partial charge < -0.3 is 14.5 Å². The second-order valence-electron chi connectivity index (χ2n) is 9.36. The molecule has 13 heteroatoms. The maximum atomic E-state index is 13.5. The van der Waals surface area contributed by atoms with Gasteiger partial charge in [0.1, 0.15) is 22.6 Å². The number of amides is 1. The van der Waals surface area contributed by atoms with E-state index in [0.717, 1.165) is 4.68 Å². The zero-order chi connectivity index (χ0) is 26.9. The summed E-state index contributed by atoms with van der Waals surface area (Å²) in [5.41, 5.74) is -0.722. The van der Waals surface area contributed by atoms with Crippen LogP contribution in [0.2, 0.25) is 10.0 Å². The van der Waals surface area contributed by atoms with E-state index in [9.17, 15) is 14.9 Å². The standard InChI is InChI=1S/C24H25Cl2N7O3S/c1-24(2,3)36-23(35)32-11-10-31(13-14(32)8-9-27)20-15-12-28-33(19-16(25)6-5-7-17(19)26)21(34)18(15)29-22(30-20)37-4/h5-7,12,14H,8,10-11,13H2,1-4H3. The first-order valence-corrected chi connectivity index (χ1v) is 13.4. The third-order valence-corrected chi connectivity index (χ3v) is 6.83. The average Bonchev–Trinajstić information content (AvgIpc) is 2.83. The topological polar surface area (TPSA) is 117 Å². The lowest BCUT2D eigenvalue weighted by molar-refractivity contribution is 0.0145. The number of anilines is 1. The van der Waals surface area contributed by atoms with Crippen molar-refractivity contribution in [3.63, 3.8) is 0 Å². The molecule has 37 heavy (non-hydrogen) atoms. The van der Waals surface area contributed by atoms with Crippen molar-refractivity contribution in [2.45, 2.75) is 44.0 Å². The van der Waals surface area contributed by atoms with E-state index in [1.54, 1.807) is 43.9 Å². The largest absolute Gasteiger partial charge is 0.444 e. The van der Waals surface area contributed by atoms with Gasteiger partial charge in [0.25, 0.3) is 5.56 Å². The number of fused-ring (bicyclic) bond motifs is 1. The van der Waals surface area contributed by atoms with Crippen LogP contribution in [0.25, 0.3) is 16.6 Å². The van der Waals surface area contributed by atoms with Gasteiger partial charge in [0.2, 0.25) is 0 Å². The van der Waals surface area contributed by atoms with E-state index in [0.29, 0.717) is 36.0 Å². The summed E-state index contributed by atoms with van der Waals surface area (Å²) in [6.45, 7) is 6.46. The Morgan fingerprint density at radius 1 is 1.24 bits per heavy atom.